The molecule has 0 spiro atoms. The van der Waals surface area contributed by atoms with Crippen LogP contribution in [0.1, 0.15) is 107 Å². The fourth-order valence-corrected chi connectivity index (χ4v) is 3.30. The molecular formula is C22H35NO4. The molecule has 0 aliphatic rings. The standard InChI is InChI=1S/C22H35NO4/c1-2-3-4-5-6-7-8-9-10-11-12-13-14-15-21(24)20-18-19(23(26)27)16-17-22(20)25/h16-18,25H,2-15H2,1H3. The second-order valence-electron chi connectivity index (χ2n) is 7.37. The zero-order valence-electron chi connectivity index (χ0n) is 16.8. The van der Waals surface area contributed by atoms with Crippen LogP contribution in [-0.4, -0.2) is 15.8 Å². The van der Waals surface area contributed by atoms with Crippen LogP contribution in [0.5, 0.6) is 5.75 Å². The van der Waals surface area contributed by atoms with Gasteiger partial charge in [0, 0.05) is 18.6 Å². The molecule has 0 aliphatic carbocycles. The van der Waals surface area contributed by atoms with Gasteiger partial charge in [-0.3, -0.25) is 14.9 Å². The summed E-state index contributed by atoms with van der Waals surface area (Å²) < 4.78 is 0. The van der Waals surface area contributed by atoms with Crippen molar-refractivity contribution in [2.24, 2.45) is 0 Å². The van der Waals surface area contributed by atoms with Crippen LogP contribution in [0.25, 0.3) is 0 Å². The van der Waals surface area contributed by atoms with Crippen LogP contribution in [0.3, 0.4) is 0 Å². The van der Waals surface area contributed by atoms with Crippen molar-refractivity contribution >= 4 is 11.5 Å². The number of unbranched alkanes of at least 4 members (excludes halogenated alkanes) is 12. The van der Waals surface area contributed by atoms with Gasteiger partial charge in [0.1, 0.15) is 5.75 Å². The number of hydrogen-bond donors (Lipinski definition) is 1. The molecule has 0 heterocycles. The number of nitro benzene ring substituents is 1. The summed E-state index contributed by atoms with van der Waals surface area (Å²) in [7, 11) is 0. The van der Waals surface area contributed by atoms with Gasteiger partial charge in [-0.2, -0.15) is 0 Å². The predicted molar refractivity (Wildman–Crippen MR) is 109 cm³/mol. The number of nitro groups is 1. The molecule has 27 heavy (non-hydrogen) atoms. The lowest BCUT2D eigenvalue weighted by molar-refractivity contribution is -0.384. The highest BCUT2D eigenvalue weighted by Gasteiger charge is 2.16. The third-order valence-corrected chi connectivity index (χ3v) is 5.00. The number of nitrogens with zero attached hydrogens (tertiary/aromatic N) is 1. The summed E-state index contributed by atoms with van der Waals surface area (Å²) in [4.78, 5) is 22.4. The topological polar surface area (TPSA) is 80.4 Å². The van der Waals surface area contributed by atoms with E-state index in [1.54, 1.807) is 0 Å². The van der Waals surface area contributed by atoms with Crippen LogP contribution in [0, 0.1) is 10.1 Å². The van der Waals surface area contributed by atoms with Crippen LogP contribution >= 0.6 is 0 Å². The molecule has 0 unspecified atom stereocenters. The molecule has 5 nitrogen and oxygen atoms in total. The Morgan fingerprint density at radius 1 is 0.889 bits per heavy atom. The molecule has 0 amide bonds. The van der Waals surface area contributed by atoms with Gasteiger partial charge in [-0.15, -0.1) is 0 Å². The van der Waals surface area contributed by atoms with E-state index in [-0.39, 0.29) is 22.8 Å². The lowest BCUT2D eigenvalue weighted by atomic mass is 10.0. The number of carbonyl (C=O) groups is 1. The summed E-state index contributed by atoms with van der Waals surface area (Å²) in [6.45, 7) is 2.24. The number of hydrogen-bond acceptors (Lipinski definition) is 4. The van der Waals surface area contributed by atoms with Crippen LogP contribution in [0.2, 0.25) is 0 Å². The van der Waals surface area contributed by atoms with E-state index in [1.165, 1.54) is 82.4 Å². The quantitative estimate of drug-likeness (QED) is 0.146. The maximum Gasteiger partial charge on any atom is 0.270 e. The average Bonchev–Trinajstić information content (AvgIpc) is 2.65. The van der Waals surface area contributed by atoms with Crippen molar-refractivity contribution < 1.29 is 14.8 Å². The second-order valence-corrected chi connectivity index (χ2v) is 7.37. The molecule has 0 saturated heterocycles. The normalized spacial score (nSPS) is 10.9. The van der Waals surface area contributed by atoms with E-state index < -0.39 is 4.92 Å². The molecule has 0 aliphatic heterocycles. The highest BCUT2D eigenvalue weighted by Crippen LogP contribution is 2.25. The summed E-state index contributed by atoms with van der Waals surface area (Å²) in [5.74, 6) is -0.403. The molecule has 1 N–H and O–H groups in total. The Morgan fingerprint density at radius 2 is 1.37 bits per heavy atom. The minimum atomic E-state index is -0.554. The lowest BCUT2D eigenvalue weighted by Crippen LogP contribution is -2.01. The highest BCUT2D eigenvalue weighted by atomic mass is 16.6. The minimum Gasteiger partial charge on any atom is -0.507 e. The summed E-state index contributed by atoms with van der Waals surface area (Å²) in [6.07, 6.45) is 16.4. The molecule has 5 heteroatoms. The van der Waals surface area contributed by atoms with E-state index in [9.17, 15) is 20.0 Å². The van der Waals surface area contributed by atoms with Crippen LogP contribution in [-0.2, 0) is 0 Å². The Morgan fingerprint density at radius 3 is 1.85 bits per heavy atom. The molecule has 1 aromatic rings. The second kappa shape index (κ2) is 14.2. The van der Waals surface area contributed by atoms with Gasteiger partial charge >= 0.3 is 0 Å². The van der Waals surface area contributed by atoms with E-state index in [1.807, 2.05) is 0 Å². The predicted octanol–water partition coefficient (Wildman–Crippen LogP) is 6.96. The summed E-state index contributed by atoms with van der Waals surface area (Å²) in [6, 6.07) is 3.59. The van der Waals surface area contributed by atoms with Gasteiger partial charge in [0.05, 0.1) is 10.5 Å². The van der Waals surface area contributed by atoms with Gasteiger partial charge in [-0.25, -0.2) is 0 Å². The molecule has 1 aromatic carbocycles. The van der Waals surface area contributed by atoms with Gasteiger partial charge in [0.25, 0.3) is 5.69 Å². The third-order valence-electron chi connectivity index (χ3n) is 5.00. The first-order valence-electron chi connectivity index (χ1n) is 10.6. The van der Waals surface area contributed by atoms with Crippen molar-refractivity contribution in [3.63, 3.8) is 0 Å². The van der Waals surface area contributed by atoms with E-state index >= 15 is 0 Å². The van der Waals surface area contributed by atoms with E-state index in [4.69, 9.17) is 0 Å². The van der Waals surface area contributed by atoms with Crippen LogP contribution in [0.15, 0.2) is 18.2 Å². The Bertz CT molecular complexity index is 571. The van der Waals surface area contributed by atoms with Crippen molar-refractivity contribution in [1.29, 1.82) is 0 Å². The molecule has 1 rings (SSSR count). The number of non-ortho nitro benzene ring substituents is 1. The zero-order valence-corrected chi connectivity index (χ0v) is 16.8. The Balaban J connectivity index is 2.06. The Labute approximate surface area is 163 Å². The first kappa shape index (κ1) is 23.1. The fraction of sp³-hybridized carbons (Fsp3) is 0.682. The molecule has 0 saturated carbocycles. The fourth-order valence-electron chi connectivity index (χ4n) is 3.30. The van der Waals surface area contributed by atoms with Gasteiger partial charge in [0.15, 0.2) is 5.78 Å². The van der Waals surface area contributed by atoms with Gasteiger partial charge < -0.3 is 5.11 Å². The first-order chi connectivity index (χ1) is 13.1. The Kier molecular flexibility index (Phi) is 12.2. The molecular weight excluding hydrogens is 342 g/mol. The van der Waals surface area contributed by atoms with Gasteiger partial charge in [-0.1, -0.05) is 84.0 Å². The molecule has 152 valence electrons. The van der Waals surface area contributed by atoms with Gasteiger partial charge in [-0.05, 0) is 12.5 Å². The van der Waals surface area contributed by atoms with Crippen molar-refractivity contribution in [3.8, 4) is 5.75 Å². The molecule has 0 radical (unpaired) electrons. The SMILES string of the molecule is CCCCCCCCCCCCCCCC(=O)c1cc([N+](=O)[O-])ccc1O. The van der Waals surface area contributed by atoms with E-state index in [2.05, 4.69) is 6.92 Å². The number of rotatable bonds is 16. The highest BCUT2D eigenvalue weighted by molar-refractivity contribution is 5.99. The maximum absolute atomic E-state index is 12.2. The number of phenolic OH excluding ortho intramolecular Hbond substituents is 1. The number of aromatic hydroxyl groups is 1. The maximum atomic E-state index is 12.2. The van der Waals surface area contributed by atoms with Crippen LogP contribution < -0.4 is 0 Å². The average molecular weight is 378 g/mol. The summed E-state index contributed by atoms with van der Waals surface area (Å²) >= 11 is 0. The lowest BCUT2D eigenvalue weighted by Gasteiger charge is -2.05. The largest absolute Gasteiger partial charge is 0.507 e. The first-order valence-corrected chi connectivity index (χ1v) is 10.6. The van der Waals surface area contributed by atoms with Crippen molar-refractivity contribution in [3.05, 3.63) is 33.9 Å². The Hall–Kier alpha value is -1.91. The van der Waals surface area contributed by atoms with Gasteiger partial charge in [0.2, 0.25) is 0 Å². The van der Waals surface area contributed by atoms with Crippen LogP contribution in [0.4, 0.5) is 5.69 Å². The molecule has 0 aromatic heterocycles. The molecule has 0 fully saturated rings. The van der Waals surface area contributed by atoms with E-state index in [0.717, 1.165) is 19.3 Å². The summed E-state index contributed by atoms with van der Waals surface area (Å²) in [5, 5.41) is 20.5. The molecule has 0 atom stereocenters. The minimum absolute atomic E-state index is 0.0585. The number of benzene rings is 1. The third kappa shape index (κ3) is 10.1. The van der Waals surface area contributed by atoms with Crippen molar-refractivity contribution in [2.45, 2.75) is 96.8 Å². The summed E-state index contributed by atoms with van der Waals surface area (Å²) in [5.41, 5.74) is -0.107. The smallest absolute Gasteiger partial charge is 0.270 e. The number of carbonyl (C=O) groups excluding carboxylic acids is 1. The monoisotopic (exact) mass is 377 g/mol. The molecule has 0 bridgehead atoms. The van der Waals surface area contributed by atoms with Crippen molar-refractivity contribution in [2.75, 3.05) is 0 Å². The van der Waals surface area contributed by atoms with E-state index in [0.29, 0.717) is 6.42 Å². The number of Topliss-reactive ketones (excluding diaryl/α,β-unsaturated/α-hetero) is 1. The van der Waals surface area contributed by atoms with Crippen molar-refractivity contribution in [1.82, 2.24) is 0 Å². The zero-order chi connectivity index (χ0) is 19.9. The number of ketones is 1. The number of phenols is 1.